The molecule has 1 N–H and O–H groups in total. The maximum Gasteiger partial charge on any atom is 0.375 e. The minimum absolute atomic E-state index is 0.0154. The van der Waals surface area contributed by atoms with E-state index in [4.69, 9.17) is 25.5 Å². The van der Waals surface area contributed by atoms with E-state index in [0.717, 1.165) is 0 Å². The summed E-state index contributed by atoms with van der Waals surface area (Å²) in [7, 11) is 1.50. The lowest BCUT2D eigenvalue weighted by Crippen LogP contribution is -2.25. The first-order valence-electron chi connectivity index (χ1n) is 10.00. The molecule has 0 saturated heterocycles. The van der Waals surface area contributed by atoms with Crippen molar-refractivity contribution in [2.24, 2.45) is 0 Å². The largest absolute Gasteiger partial charge is 0.495 e. The van der Waals surface area contributed by atoms with Crippen LogP contribution in [0.5, 0.6) is 5.75 Å². The Morgan fingerprint density at radius 1 is 1.12 bits per heavy atom. The molecule has 33 heavy (non-hydrogen) atoms. The van der Waals surface area contributed by atoms with Gasteiger partial charge in [0.2, 0.25) is 11.9 Å². The number of nitrogens with zero attached hydrogens (tertiary/aromatic N) is 2. The summed E-state index contributed by atoms with van der Waals surface area (Å²) in [5.41, 5.74) is 0.938. The van der Waals surface area contributed by atoms with Gasteiger partial charge < -0.3 is 19.2 Å². The highest BCUT2D eigenvalue weighted by molar-refractivity contribution is 6.32. The van der Waals surface area contributed by atoms with Crippen LogP contribution in [0.15, 0.2) is 83.5 Å². The van der Waals surface area contributed by atoms with Crippen molar-refractivity contribution < 1.29 is 23.5 Å². The number of nitrogens with one attached hydrogen (secondary N) is 1. The van der Waals surface area contributed by atoms with Crippen molar-refractivity contribution in [3.63, 3.8) is 0 Å². The lowest BCUT2D eigenvalue weighted by Gasteiger charge is -2.18. The third-order valence-electron chi connectivity index (χ3n) is 4.72. The monoisotopic (exact) mass is 465 g/mol. The van der Waals surface area contributed by atoms with Crippen molar-refractivity contribution in [3.8, 4) is 5.75 Å². The zero-order chi connectivity index (χ0) is 23.2. The van der Waals surface area contributed by atoms with Crippen molar-refractivity contribution in [2.45, 2.75) is 12.6 Å². The van der Waals surface area contributed by atoms with E-state index >= 15 is 0 Å². The number of anilines is 1. The SMILES string of the molecule is COc1ccc(NC(=O)C(OC(=O)c2ccc(Cn3cccn3)o2)c2ccccc2)cc1Cl. The van der Waals surface area contributed by atoms with Crippen molar-refractivity contribution in [1.82, 2.24) is 9.78 Å². The molecule has 2 aromatic heterocycles. The predicted octanol–water partition coefficient (Wildman–Crippen LogP) is 4.72. The van der Waals surface area contributed by atoms with E-state index in [1.165, 1.54) is 13.2 Å². The molecule has 1 atom stereocenters. The smallest absolute Gasteiger partial charge is 0.375 e. The molecule has 0 bridgehead atoms. The van der Waals surface area contributed by atoms with E-state index in [1.54, 1.807) is 77.7 Å². The molecule has 0 radical (unpaired) electrons. The van der Waals surface area contributed by atoms with Crippen LogP contribution >= 0.6 is 11.6 Å². The fourth-order valence-electron chi connectivity index (χ4n) is 3.14. The molecule has 9 heteroatoms. The van der Waals surface area contributed by atoms with Crippen molar-refractivity contribution in [2.75, 3.05) is 12.4 Å². The first-order chi connectivity index (χ1) is 16.0. The molecule has 8 nitrogen and oxygen atoms in total. The van der Waals surface area contributed by atoms with Gasteiger partial charge in [0.05, 0.1) is 18.7 Å². The minimum atomic E-state index is -1.21. The fraction of sp³-hybridized carbons (Fsp3) is 0.125. The summed E-state index contributed by atoms with van der Waals surface area (Å²) < 4.78 is 17.9. The van der Waals surface area contributed by atoms with Crippen LogP contribution in [-0.4, -0.2) is 28.8 Å². The Bertz CT molecular complexity index is 1240. The number of esters is 1. The van der Waals surface area contributed by atoms with Gasteiger partial charge in [-0.2, -0.15) is 5.10 Å². The molecule has 0 aliphatic carbocycles. The van der Waals surface area contributed by atoms with Gasteiger partial charge in [-0.1, -0.05) is 41.9 Å². The third-order valence-corrected chi connectivity index (χ3v) is 5.02. The lowest BCUT2D eigenvalue weighted by molar-refractivity contribution is -0.125. The molecule has 1 unspecified atom stereocenters. The van der Waals surface area contributed by atoms with Gasteiger partial charge in [-0.25, -0.2) is 4.79 Å². The summed E-state index contributed by atoms with van der Waals surface area (Å²) in [5.74, 6) is -0.320. The molecule has 2 aromatic carbocycles. The van der Waals surface area contributed by atoms with Gasteiger partial charge in [0.25, 0.3) is 5.91 Å². The summed E-state index contributed by atoms with van der Waals surface area (Å²) >= 11 is 6.15. The summed E-state index contributed by atoms with van der Waals surface area (Å²) in [6.45, 7) is 0.362. The maximum atomic E-state index is 13.1. The molecular formula is C24H20ClN3O5. The van der Waals surface area contributed by atoms with E-state index in [-0.39, 0.29) is 5.76 Å². The zero-order valence-corrected chi connectivity index (χ0v) is 18.4. The number of methoxy groups -OCH3 is 1. The predicted molar refractivity (Wildman–Crippen MR) is 121 cm³/mol. The van der Waals surface area contributed by atoms with Gasteiger partial charge in [0.1, 0.15) is 11.5 Å². The molecule has 4 aromatic rings. The minimum Gasteiger partial charge on any atom is -0.495 e. The second-order valence-electron chi connectivity index (χ2n) is 7.00. The van der Waals surface area contributed by atoms with E-state index in [0.29, 0.717) is 34.3 Å². The van der Waals surface area contributed by atoms with Crippen LogP contribution < -0.4 is 10.1 Å². The Morgan fingerprint density at radius 2 is 1.94 bits per heavy atom. The third kappa shape index (κ3) is 5.42. The zero-order valence-electron chi connectivity index (χ0n) is 17.6. The molecule has 0 aliphatic heterocycles. The summed E-state index contributed by atoms with van der Waals surface area (Å²) in [4.78, 5) is 25.8. The molecule has 0 fully saturated rings. The standard InChI is InChI=1S/C24H20ClN3O5/c1-31-20-10-8-17(14-19(20)25)27-23(29)22(16-6-3-2-4-7-16)33-24(30)21-11-9-18(32-21)15-28-13-5-12-26-28/h2-14,22H,15H2,1H3,(H,27,29). The number of rotatable bonds is 8. The maximum absolute atomic E-state index is 13.1. The Labute approximate surface area is 194 Å². The Kier molecular flexibility index (Phi) is 6.75. The van der Waals surface area contributed by atoms with Gasteiger partial charge in [0.15, 0.2) is 0 Å². The van der Waals surface area contributed by atoms with Gasteiger partial charge >= 0.3 is 5.97 Å². The van der Waals surface area contributed by atoms with E-state index in [2.05, 4.69) is 10.4 Å². The highest BCUT2D eigenvalue weighted by Crippen LogP contribution is 2.28. The number of ether oxygens (including phenoxy) is 2. The molecular weight excluding hydrogens is 446 g/mol. The molecule has 0 aliphatic rings. The first kappa shape index (κ1) is 22.2. The number of aromatic nitrogens is 2. The molecule has 1 amide bonds. The Morgan fingerprint density at radius 3 is 2.64 bits per heavy atom. The second kappa shape index (κ2) is 10.1. The van der Waals surface area contributed by atoms with E-state index < -0.39 is 18.0 Å². The van der Waals surface area contributed by atoms with Gasteiger partial charge in [-0.3, -0.25) is 9.48 Å². The van der Waals surface area contributed by atoms with Crippen molar-refractivity contribution >= 4 is 29.2 Å². The average Bonchev–Trinajstić information content (AvgIpc) is 3.51. The summed E-state index contributed by atoms with van der Waals surface area (Å²) in [6.07, 6.45) is 2.22. The molecule has 0 spiro atoms. The number of benzene rings is 2. The molecule has 0 saturated carbocycles. The first-order valence-corrected chi connectivity index (χ1v) is 10.4. The Hall–Kier alpha value is -4.04. The van der Waals surface area contributed by atoms with E-state index in [1.807, 2.05) is 0 Å². The number of hydrogen-bond acceptors (Lipinski definition) is 6. The number of furan rings is 1. The molecule has 2 heterocycles. The quantitative estimate of drug-likeness (QED) is 0.378. The van der Waals surface area contributed by atoms with E-state index in [9.17, 15) is 9.59 Å². The van der Waals surface area contributed by atoms with Crippen LogP contribution in [0.25, 0.3) is 0 Å². The summed E-state index contributed by atoms with van der Waals surface area (Å²) in [5, 5.41) is 7.17. The topological polar surface area (TPSA) is 95.6 Å². The number of amides is 1. The number of hydrogen-bond donors (Lipinski definition) is 1. The number of halogens is 1. The number of carbonyl (C=O) groups excluding carboxylic acids is 2. The fourth-order valence-corrected chi connectivity index (χ4v) is 3.40. The van der Waals surface area contributed by atoms with Gasteiger partial charge in [-0.05, 0) is 36.4 Å². The van der Waals surface area contributed by atoms with Gasteiger partial charge in [0, 0.05) is 23.6 Å². The lowest BCUT2D eigenvalue weighted by atomic mass is 10.1. The van der Waals surface area contributed by atoms with Crippen LogP contribution in [0.2, 0.25) is 5.02 Å². The van der Waals surface area contributed by atoms with Crippen LogP contribution in [0.1, 0.15) is 28.0 Å². The normalized spacial score (nSPS) is 11.6. The second-order valence-corrected chi connectivity index (χ2v) is 7.41. The van der Waals surface area contributed by atoms with Crippen LogP contribution in [-0.2, 0) is 16.1 Å². The molecule has 4 rings (SSSR count). The highest BCUT2D eigenvalue weighted by Gasteiger charge is 2.27. The summed E-state index contributed by atoms with van der Waals surface area (Å²) in [6, 6.07) is 18.5. The van der Waals surface area contributed by atoms with Crippen LogP contribution in [0.3, 0.4) is 0 Å². The van der Waals surface area contributed by atoms with Crippen molar-refractivity contribution in [1.29, 1.82) is 0 Å². The highest BCUT2D eigenvalue weighted by atomic mass is 35.5. The van der Waals surface area contributed by atoms with Gasteiger partial charge in [-0.15, -0.1) is 0 Å². The Balaban J connectivity index is 1.51. The van der Waals surface area contributed by atoms with Crippen LogP contribution in [0.4, 0.5) is 5.69 Å². The molecule has 168 valence electrons. The number of carbonyl (C=O) groups is 2. The average molecular weight is 466 g/mol. The van der Waals surface area contributed by atoms with Crippen LogP contribution in [0, 0.1) is 0 Å². The van der Waals surface area contributed by atoms with Crippen molar-refractivity contribution in [3.05, 3.63) is 101 Å².